The molecule has 1 aliphatic rings. The molecule has 1 fully saturated rings. The van der Waals surface area contributed by atoms with Crippen LogP contribution in [-0.4, -0.2) is 47.6 Å². The lowest BCUT2D eigenvalue weighted by atomic mass is 9.91. The lowest BCUT2D eigenvalue weighted by molar-refractivity contribution is -0.134. The molecule has 0 heterocycles. The molecule has 0 atom stereocenters. The largest absolute Gasteiger partial charge is 0.395 e. The Hall–Kier alpha value is -1.95. The predicted molar refractivity (Wildman–Crippen MR) is 75.2 cm³/mol. The van der Waals surface area contributed by atoms with Crippen molar-refractivity contribution in [2.45, 2.75) is 25.3 Å². The van der Waals surface area contributed by atoms with E-state index >= 15 is 0 Å². The molecule has 1 aromatic rings. The highest BCUT2D eigenvalue weighted by Crippen LogP contribution is 2.24. The van der Waals surface area contributed by atoms with Crippen LogP contribution in [0, 0.1) is 5.82 Å². The Labute approximate surface area is 122 Å². The summed E-state index contributed by atoms with van der Waals surface area (Å²) in [5.74, 6) is -1.48. The van der Waals surface area contributed by atoms with Gasteiger partial charge in [0.1, 0.15) is 5.82 Å². The first-order valence-corrected chi connectivity index (χ1v) is 7.06. The van der Waals surface area contributed by atoms with Crippen molar-refractivity contribution in [2.24, 2.45) is 0 Å². The molecule has 2 rings (SSSR count). The molecule has 0 bridgehead atoms. The van der Waals surface area contributed by atoms with Crippen LogP contribution < -0.4 is 5.32 Å². The number of nitrogens with zero attached hydrogens (tertiary/aromatic N) is 1. The average Bonchev–Trinajstić information content (AvgIpc) is 2.42. The molecule has 0 aliphatic heterocycles. The van der Waals surface area contributed by atoms with Gasteiger partial charge in [0.2, 0.25) is 5.91 Å². The molecule has 0 aromatic heterocycles. The van der Waals surface area contributed by atoms with E-state index < -0.39 is 11.7 Å². The third-order valence-corrected chi connectivity index (χ3v) is 3.70. The molecule has 114 valence electrons. The minimum Gasteiger partial charge on any atom is -0.395 e. The summed E-state index contributed by atoms with van der Waals surface area (Å²) >= 11 is 0. The van der Waals surface area contributed by atoms with Gasteiger partial charge < -0.3 is 15.3 Å². The van der Waals surface area contributed by atoms with Gasteiger partial charge >= 0.3 is 0 Å². The van der Waals surface area contributed by atoms with Gasteiger partial charge in [-0.25, -0.2) is 4.39 Å². The average molecular weight is 294 g/mol. The van der Waals surface area contributed by atoms with Gasteiger partial charge in [-0.2, -0.15) is 0 Å². The lowest BCUT2D eigenvalue weighted by Crippen LogP contribution is -2.49. The van der Waals surface area contributed by atoms with Crippen molar-refractivity contribution in [3.05, 3.63) is 35.6 Å². The van der Waals surface area contributed by atoms with Crippen molar-refractivity contribution in [2.75, 3.05) is 19.7 Å². The predicted octanol–water partition coefficient (Wildman–Crippen LogP) is 0.929. The second-order valence-electron chi connectivity index (χ2n) is 5.06. The molecule has 6 heteroatoms. The van der Waals surface area contributed by atoms with Crippen LogP contribution >= 0.6 is 0 Å². The van der Waals surface area contributed by atoms with E-state index in [-0.39, 0.29) is 37.2 Å². The number of rotatable bonds is 6. The van der Waals surface area contributed by atoms with E-state index in [9.17, 15) is 14.0 Å². The van der Waals surface area contributed by atoms with Crippen molar-refractivity contribution in [3.63, 3.8) is 0 Å². The maximum absolute atomic E-state index is 13.4. The Balaban J connectivity index is 1.90. The number of hydrogen-bond acceptors (Lipinski definition) is 3. The summed E-state index contributed by atoms with van der Waals surface area (Å²) in [5, 5.41) is 11.4. The van der Waals surface area contributed by atoms with Crippen molar-refractivity contribution in [3.8, 4) is 0 Å². The summed E-state index contributed by atoms with van der Waals surface area (Å²) in [6.45, 7) is -0.0355. The zero-order valence-electron chi connectivity index (χ0n) is 11.7. The lowest BCUT2D eigenvalue weighted by Gasteiger charge is -2.37. The van der Waals surface area contributed by atoms with Crippen LogP contribution in [0.4, 0.5) is 4.39 Å². The highest BCUT2D eigenvalue weighted by molar-refractivity contribution is 5.96. The smallest absolute Gasteiger partial charge is 0.254 e. The molecule has 1 aliphatic carbocycles. The van der Waals surface area contributed by atoms with Crippen molar-refractivity contribution >= 4 is 11.8 Å². The first-order valence-electron chi connectivity index (χ1n) is 7.06. The summed E-state index contributed by atoms with van der Waals surface area (Å²) in [7, 11) is 0. The third-order valence-electron chi connectivity index (χ3n) is 3.70. The maximum atomic E-state index is 13.4. The van der Waals surface area contributed by atoms with E-state index in [0.29, 0.717) is 0 Å². The highest BCUT2D eigenvalue weighted by Gasteiger charge is 2.28. The first kappa shape index (κ1) is 15.4. The Morgan fingerprint density at radius 2 is 2.05 bits per heavy atom. The summed E-state index contributed by atoms with van der Waals surface area (Å²) in [5.41, 5.74) is -0.0809. The summed E-state index contributed by atoms with van der Waals surface area (Å²) in [4.78, 5) is 25.5. The number of hydrogen-bond donors (Lipinski definition) is 2. The van der Waals surface area contributed by atoms with Crippen LogP contribution in [0.15, 0.2) is 24.3 Å². The van der Waals surface area contributed by atoms with Gasteiger partial charge in [0, 0.05) is 12.6 Å². The normalized spacial score (nSPS) is 14.4. The van der Waals surface area contributed by atoms with Gasteiger partial charge in [0.05, 0.1) is 18.7 Å². The minimum absolute atomic E-state index is 0.0809. The Bertz CT molecular complexity index is 517. The summed E-state index contributed by atoms with van der Waals surface area (Å²) < 4.78 is 13.4. The van der Waals surface area contributed by atoms with Crippen LogP contribution in [0.2, 0.25) is 0 Å². The van der Waals surface area contributed by atoms with Crippen LogP contribution in [0.3, 0.4) is 0 Å². The molecule has 0 saturated heterocycles. The number of benzene rings is 1. The number of nitrogens with one attached hydrogen (secondary N) is 1. The number of halogens is 1. The molecule has 0 radical (unpaired) electrons. The number of carbonyl (C=O) groups is 2. The van der Waals surface area contributed by atoms with Gasteiger partial charge in [-0.1, -0.05) is 12.1 Å². The molecule has 5 nitrogen and oxygen atoms in total. The van der Waals surface area contributed by atoms with Crippen molar-refractivity contribution < 1.29 is 19.1 Å². The zero-order chi connectivity index (χ0) is 15.2. The van der Waals surface area contributed by atoms with E-state index in [4.69, 9.17) is 5.11 Å². The molecule has 0 unspecified atom stereocenters. The second kappa shape index (κ2) is 7.17. The molecule has 1 aromatic carbocycles. The Morgan fingerprint density at radius 3 is 2.62 bits per heavy atom. The molecule has 0 spiro atoms. The number of aliphatic hydroxyl groups excluding tert-OH is 1. The quantitative estimate of drug-likeness (QED) is 0.820. The van der Waals surface area contributed by atoms with Gasteiger partial charge in [-0.05, 0) is 31.4 Å². The van der Waals surface area contributed by atoms with E-state index in [1.54, 1.807) is 11.0 Å². The number of aliphatic hydroxyl groups is 1. The third kappa shape index (κ3) is 3.78. The molecular weight excluding hydrogens is 275 g/mol. The Kier molecular flexibility index (Phi) is 5.27. The molecule has 2 N–H and O–H groups in total. The maximum Gasteiger partial charge on any atom is 0.254 e. The van der Waals surface area contributed by atoms with Crippen molar-refractivity contribution in [1.29, 1.82) is 0 Å². The highest BCUT2D eigenvalue weighted by atomic mass is 19.1. The SMILES string of the molecule is O=C(NCC(=O)N(CCO)C1CCC1)c1ccccc1F. The van der Waals surface area contributed by atoms with Crippen molar-refractivity contribution in [1.82, 2.24) is 10.2 Å². The fourth-order valence-electron chi connectivity index (χ4n) is 2.32. The van der Waals surface area contributed by atoms with Gasteiger partial charge in [-0.15, -0.1) is 0 Å². The topological polar surface area (TPSA) is 69.6 Å². The number of amides is 2. The summed E-state index contributed by atoms with van der Waals surface area (Å²) in [6, 6.07) is 5.77. The van der Waals surface area contributed by atoms with Crippen LogP contribution in [-0.2, 0) is 4.79 Å². The summed E-state index contributed by atoms with van der Waals surface area (Å²) in [6.07, 6.45) is 2.92. The second-order valence-corrected chi connectivity index (χ2v) is 5.06. The van der Waals surface area contributed by atoms with E-state index in [1.165, 1.54) is 18.2 Å². The van der Waals surface area contributed by atoms with Crippen LogP contribution in [0.5, 0.6) is 0 Å². The monoisotopic (exact) mass is 294 g/mol. The van der Waals surface area contributed by atoms with Crippen LogP contribution in [0.1, 0.15) is 29.6 Å². The van der Waals surface area contributed by atoms with E-state index in [0.717, 1.165) is 19.3 Å². The molecule has 21 heavy (non-hydrogen) atoms. The van der Waals surface area contributed by atoms with Gasteiger partial charge in [-0.3, -0.25) is 9.59 Å². The van der Waals surface area contributed by atoms with Gasteiger partial charge in [0.25, 0.3) is 5.91 Å². The fourth-order valence-corrected chi connectivity index (χ4v) is 2.32. The fraction of sp³-hybridized carbons (Fsp3) is 0.467. The zero-order valence-corrected chi connectivity index (χ0v) is 11.7. The first-order chi connectivity index (χ1) is 10.1. The van der Waals surface area contributed by atoms with Gasteiger partial charge in [0.15, 0.2) is 0 Å². The standard InChI is InChI=1S/C15H19FN2O3/c16-13-7-2-1-6-12(13)15(21)17-10-14(20)18(8-9-19)11-4-3-5-11/h1-2,6-7,11,19H,3-5,8-10H2,(H,17,21). The van der Waals surface area contributed by atoms with E-state index in [2.05, 4.69) is 5.32 Å². The number of carbonyl (C=O) groups excluding carboxylic acids is 2. The molecule has 2 amide bonds. The molecular formula is C15H19FN2O3. The molecule has 1 saturated carbocycles. The minimum atomic E-state index is -0.617. The Morgan fingerprint density at radius 1 is 1.33 bits per heavy atom. The van der Waals surface area contributed by atoms with Crippen LogP contribution in [0.25, 0.3) is 0 Å². The van der Waals surface area contributed by atoms with E-state index in [1.807, 2.05) is 0 Å².